The fourth-order valence-corrected chi connectivity index (χ4v) is 2.13. The van der Waals surface area contributed by atoms with E-state index in [2.05, 4.69) is 26.5 Å². The van der Waals surface area contributed by atoms with Crippen LogP contribution in [0.2, 0.25) is 0 Å². The summed E-state index contributed by atoms with van der Waals surface area (Å²) in [5.41, 5.74) is 2.97. The van der Waals surface area contributed by atoms with Crippen LogP contribution in [-0.4, -0.2) is 16.7 Å². The van der Waals surface area contributed by atoms with Crippen molar-refractivity contribution in [1.29, 1.82) is 0 Å². The molecule has 5 nitrogen and oxygen atoms in total. The molecule has 0 saturated heterocycles. The number of aromatic nitrogens is 1. The number of rotatable bonds is 4. The second kappa shape index (κ2) is 7.17. The molecular weight excluding hydrogens is 346 g/mol. The topological polar surface area (TPSA) is 63.5 Å². The monoisotopic (exact) mass is 361 g/mol. The highest BCUT2D eigenvalue weighted by molar-refractivity contribution is 9.10. The molecule has 0 fully saturated rings. The van der Waals surface area contributed by atoms with Crippen LogP contribution >= 0.6 is 15.9 Å². The number of halogens is 1. The van der Waals surface area contributed by atoms with Gasteiger partial charge in [0.05, 0.1) is 6.21 Å². The molecule has 0 radical (unpaired) electrons. The van der Waals surface area contributed by atoms with E-state index in [9.17, 15) is 9.59 Å². The number of hydrogen-bond donors (Lipinski definition) is 1. The third-order valence-corrected chi connectivity index (χ3v) is 3.55. The minimum absolute atomic E-state index is 0.00785. The highest BCUT2D eigenvalue weighted by atomic mass is 79.9. The minimum Gasteiger partial charge on any atom is -0.312 e. The van der Waals surface area contributed by atoms with Crippen LogP contribution in [0.25, 0.3) is 0 Å². The SMILES string of the molecule is CC(C)n1cccc(C(=O)N/N=C\c2ccc(Br)cc2)c1=O. The molecule has 0 saturated carbocycles. The molecule has 22 heavy (non-hydrogen) atoms. The third kappa shape index (κ3) is 3.92. The molecule has 1 aromatic heterocycles. The Hall–Kier alpha value is -2.21. The zero-order chi connectivity index (χ0) is 16.1. The van der Waals surface area contributed by atoms with Crippen molar-refractivity contribution in [2.75, 3.05) is 0 Å². The molecule has 114 valence electrons. The summed E-state index contributed by atoms with van der Waals surface area (Å²) in [4.78, 5) is 24.2. The summed E-state index contributed by atoms with van der Waals surface area (Å²) in [6.07, 6.45) is 3.18. The van der Waals surface area contributed by atoms with E-state index in [1.807, 2.05) is 38.1 Å². The molecule has 0 bridgehead atoms. The molecule has 1 N–H and O–H groups in total. The zero-order valence-electron chi connectivity index (χ0n) is 12.3. The lowest BCUT2D eigenvalue weighted by Gasteiger charge is -2.10. The number of carbonyl (C=O) groups excluding carboxylic acids is 1. The van der Waals surface area contributed by atoms with Crippen molar-refractivity contribution in [3.05, 3.63) is 68.5 Å². The van der Waals surface area contributed by atoms with E-state index >= 15 is 0 Å². The maximum atomic E-state index is 12.2. The Balaban J connectivity index is 2.11. The van der Waals surface area contributed by atoms with E-state index in [0.29, 0.717) is 0 Å². The van der Waals surface area contributed by atoms with Crippen LogP contribution in [-0.2, 0) is 0 Å². The Labute approximate surface area is 136 Å². The van der Waals surface area contributed by atoms with Gasteiger partial charge in [0.25, 0.3) is 11.5 Å². The van der Waals surface area contributed by atoms with Crippen LogP contribution < -0.4 is 11.0 Å². The summed E-state index contributed by atoms with van der Waals surface area (Å²) in [6, 6.07) is 10.6. The fourth-order valence-electron chi connectivity index (χ4n) is 1.86. The average molecular weight is 362 g/mol. The number of amides is 1. The lowest BCUT2D eigenvalue weighted by atomic mass is 10.2. The molecular formula is C16H16BrN3O2. The number of hydrogen-bond acceptors (Lipinski definition) is 3. The molecule has 0 atom stereocenters. The molecule has 0 aliphatic rings. The highest BCUT2D eigenvalue weighted by Crippen LogP contribution is 2.09. The maximum absolute atomic E-state index is 12.2. The van der Waals surface area contributed by atoms with Crippen molar-refractivity contribution in [3.8, 4) is 0 Å². The lowest BCUT2D eigenvalue weighted by molar-refractivity contribution is 0.0953. The van der Waals surface area contributed by atoms with Gasteiger partial charge in [0.1, 0.15) is 5.56 Å². The Morgan fingerprint density at radius 3 is 2.59 bits per heavy atom. The number of pyridine rings is 1. The van der Waals surface area contributed by atoms with Gasteiger partial charge in [-0.05, 0) is 43.7 Å². The highest BCUT2D eigenvalue weighted by Gasteiger charge is 2.12. The molecule has 2 aromatic rings. The summed E-state index contributed by atoms with van der Waals surface area (Å²) in [5, 5.41) is 3.88. The van der Waals surface area contributed by atoms with Gasteiger partial charge < -0.3 is 4.57 Å². The fraction of sp³-hybridized carbons (Fsp3) is 0.188. The number of hydrazone groups is 1. The van der Waals surface area contributed by atoms with Crippen LogP contribution in [0.3, 0.4) is 0 Å². The summed E-state index contributed by atoms with van der Waals surface area (Å²) in [5.74, 6) is -0.520. The zero-order valence-corrected chi connectivity index (χ0v) is 13.9. The van der Waals surface area contributed by atoms with E-state index in [0.717, 1.165) is 10.0 Å². The number of nitrogens with zero attached hydrogens (tertiary/aromatic N) is 2. The first-order valence-corrected chi connectivity index (χ1v) is 7.58. The largest absolute Gasteiger partial charge is 0.312 e. The first kappa shape index (κ1) is 16.2. The van der Waals surface area contributed by atoms with E-state index in [-0.39, 0.29) is 17.2 Å². The van der Waals surface area contributed by atoms with Crippen molar-refractivity contribution in [2.45, 2.75) is 19.9 Å². The molecule has 1 heterocycles. The lowest BCUT2D eigenvalue weighted by Crippen LogP contribution is -2.31. The second-order valence-corrected chi connectivity index (χ2v) is 5.89. The normalized spacial score (nSPS) is 11.1. The molecule has 0 aliphatic heterocycles. The van der Waals surface area contributed by atoms with Gasteiger partial charge in [-0.2, -0.15) is 5.10 Å². The molecule has 1 aromatic carbocycles. The van der Waals surface area contributed by atoms with Gasteiger partial charge in [0.15, 0.2) is 0 Å². The van der Waals surface area contributed by atoms with Crippen molar-refractivity contribution < 1.29 is 4.79 Å². The number of carbonyl (C=O) groups is 1. The van der Waals surface area contributed by atoms with Gasteiger partial charge in [-0.3, -0.25) is 9.59 Å². The Morgan fingerprint density at radius 1 is 1.27 bits per heavy atom. The maximum Gasteiger partial charge on any atom is 0.276 e. The van der Waals surface area contributed by atoms with E-state index < -0.39 is 5.91 Å². The predicted octanol–water partition coefficient (Wildman–Crippen LogP) is 2.96. The van der Waals surface area contributed by atoms with Gasteiger partial charge in [-0.15, -0.1) is 0 Å². The van der Waals surface area contributed by atoms with E-state index in [1.54, 1.807) is 12.3 Å². The van der Waals surface area contributed by atoms with Crippen LogP contribution in [0, 0.1) is 0 Å². The first-order chi connectivity index (χ1) is 10.5. The molecule has 0 unspecified atom stereocenters. The number of benzene rings is 1. The standard InChI is InChI=1S/C16H16BrN3O2/c1-11(2)20-9-3-4-14(16(20)22)15(21)19-18-10-12-5-7-13(17)8-6-12/h3-11H,1-2H3,(H,19,21)/b18-10-. The van der Waals surface area contributed by atoms with E-state index in [1.165, 1.54) is 16.8 Å². The van der Waals surface area contributed by atoms with Gasteiger partial charge >= 0.3 is 0 Å². The first-order valence-electron chi connectivity index (χ1n) is 6.79. The minimum atomic E-state index is -0.520. The van der Waals surface area contributed by atoms with Crippen molar-refractivity contribution >= 4 is 28.1 Å². The van der Waals surface area contributed by atoms with Gasteiger partial charge in [-0.25, -0.2) is 5.43 Å². The second-order valence-electron chi connectivity index (χ2n) is 4.98. The van der Waals surface area contributed by atoms with Crippen LogP contribution in [0.5, 0.6) is 0 Å². The van der Waals surface area contributed by atoms with Crippen molar-refractivity contribution in [1.82, 2.24) is 9.99 Å². The van der Waals surface area contributed by atoms with E-state index in [4.69, 9.17) is 0 Å². The quantitative estimate of drug-likeness (QED) is 0.672. The predicted molar refractivity (Wildman–Crippen MR) is 90.3 cm³/mol. The van der Waals surface area contributed by atoms with Crippen LogP contribution in [0.15, 0.2) is 57.0 Å². The molecule has 0 spiro atoms. The summed E-state index contributed by atoms with van der Waals surface area (Å²) in [7, 11) is 0. The van der Waals surface area contributed by atoms with Crippen molar-refractivity contribution in [2.24, 2.45) is 5.10 Å². The summed E-state index contributed by atoms with van der Waals surface area (Å²) >= 11 is 3.34. The van der Waals surface area contributed by atoms with Gasteiger partial charge in [-0.1, -0.05) is 28.1 Å². The number of nitrogens with one attached hydrogen (secondary N) is 1. The molecule has 6 heteroatoms. The Morgan fingerprint density at radius 2 is 1.95 bits per heavy atom. The third-order valence-electron chi connectivity index (χ3n) is 3.03. The van der Waals surface area contributed by atoms with Gasteiger partial charge in [0, 0.05) is 16.7 Å². The van der Waals surface area contributed by atoms with Crippen molar-refractivity contribution in [3.63, 3.8) is 0 Å². The molecule has 0 aliphatic carbocycles. The summed E-state index contributed by atoms with van der Waals surface area (Å²) < 4.78 is 2.47. The molecule has 2 rings (SSSR count). The van der Waals surface area contributed by atoms with Crippen LogP contribution in [0.1, 0.15) is 35.8 Å². The Bertz CT molecular complexity index is 749. The summed E-state index contributed by atoms with van der Waals surface area (Å²) in [6.45, 7) is 3.77. The van der Waals surface area contributed by atoms with Gasteiger partial charge in [0.2, 0.25) is 0 Å². The molecule has 1 amide bonds. The average Bonchev–Trinajstić information content (AvgIpc) is 2.49. The Kier molecular flexibility index (Phi) is 5.27. The smallest absolute Gasteiger partial charge is 0.276 e. The van der Waals surface area contributed by atoms with Crippen LogP contribution in [0.4, 0.5) is 0 Å².